The van der Waals surface area contributed by atoms with Crippen LogP contribution in [-0.2, 0) is 0 Å². The van der Waals surface area contributed by atoms with Gasteiger partial charge < -0.3 is 5.32 Å². The number of aromatic nitrogens is 4. The molecule has 0 atom stereocenters. The van der Waals surface area contributed by atoms with Gasteiger partial charge in [-0.1, -0.05) is 73.6 Å². The summed E-state index contributed by atoms with van der Waals surface area (Å²) >= 11 is 6.94. The van der Waals surface area contributed by atoms with Crippen LogP contribution in [0.25, 0.3) is 30.6 Å². The quantitative estimate of drug-likeness (QED) is 0.140. The Kier molecular flexibility index (Phi) is 17.2. The third-order valence-electron chi connectivity index (χ3n) is 7.10. The minimum absolute atomic E-state index is 0. The fraction of sp³-hybridized carbons (Fsp3) is 0.333. The van der Waals surface area contributed by atoms with Crippen molar-refractivity contribution in [2.24, 2.45) is 0 Å². The van der Waals surface area contributed by atoms with Gasteiger partial charge in [0.05, 0.1) is 46.0 Å². The summed E-state index contributed by atoms with van der Waals surface area (Å²) in [5.41, 5.74) is 4.95. The average molecular weight is 768 g/mol. The van der Waals surface area contributed by atoms with Crippen molar-refractivity contribution in [3.63, 3.8) is 0 Å². The number of nitrogens with zero attached hydrogens (tertiary/aromatic N) is 4. The molecule has 0 aliphatic carbocycles. The van der Waals surface area contributed by atoms with Crippen molar-refractivity contribution in [1.82, 2.24) is 25.3 Å². The average Bonchev–Trinajstić information content (AvgIpc) is 3.90. The molecule has 0 fully saturated rings. The molecule has 11 heteroatoms. The molecule has 3 aromatic carbocycles. The first-order chi connectivity index (χ1) is 23.4. The first-order valence-electron chi connectivity index (χ1n) is 16.5. The largest absolute Gasteiger partial charge is 1.00 e. The third-order valence-corrected chi connectivity index (χ3v) is 12.2. The van der Waals surface area contributed by atoms with Gasteiger partial charge in [-0.15, -0.1) is 51.4 Å². The Labute approximate surface area is 355 Å². The summed E-state index contributed by atoms with van der Waals surface area (Å²) in [5.74, 6) is 2.03. The second kappa shape index (κ2) is 20.2. The molecule has 7 aromatic rings. The number of hydrogen-bond acceptors (Lipinski definition) is 9. The van der Waals surface area contributed by atoms with Crippen LogP contribution < -0.4 is 56.7 Å². The monoisotopic (exact) mass is 767 g/mol. The summed E-state index contributed by atoms with van der Waals surface area (Å²) < 4.78 is 3.61. The minimum atomic E-state index is -0.0543. The summed E-state index contributed by atoms with van der Waals surface area (Å²) in [6.07, 6.45) is 1.85. The van der Waals surface area contributed by atoms with Crippen LogP contribution in [0.4, 0.5) is 0 Å². The van der Waals surface area contributed by atoms with E-state index in [2.05, 4.69) is 112 Å². The molecular weight excluding hydrogens is 722 g/mol. The van der Waals surface area contributed by atoms with Crippen LogP contribution in [0.1, 0.15) is 115 Å². The molecule has 6 nitrogen and oxygen atoms in total. The van der Waals surface area contributed by atoms with Crippen molar-refractivity contribution in [1.29, 1.82) is 0 Å². The number of carbonyl (C=O) groups excluding carboxylic acids is 1. The molecule has 1 amide bonds. The molecule has 0 radical (unpaired) electrons. The van der Waals surface area contributed by atoms with E-state index in [9.17, 15) is 4.79 Å². The van der Waals surface area contributed by atoms with E-state index in [4.69, 9.17) is 0 Å². The van der Waals surface area contributed by atoms with Crippen molar-refractivity contribution >= 4 is 81.9 Å². The van der Waals surface area contributed by atoms with E-state index in [1.165, 1.54) is 24.4 Å². The van der Waals surface area contributed by atoms with Gasteiger partial charge in [0.25, 0.3) is 5.91 Å². The van der Waals surface area contributed by atoms with Crippen molar-refractivity contribution < 1.29 is 56.2 Å². The van der Waals surface area contributed by atoms with Crippen LogP contribution in [0.15, 0.2) is 72.2 Å². The van der Waals surface area contributed by atoms with E-state index in [0.29, 0.717) is 29.2 Å². The van der Waals surface area contributed by atoms with Gasteiger partial charge in [-0.05, 0) is 35.0 Å². The third kappa shape index (κ3) is 12.0. The van der Waals surface area contributed by atoms with E-state index in [-0.39, 0.29) is 57.3 Å². The Bertz CT molecular complexity index is 2040. The minimum Gasteiger partial charge on any atom is -0.355 e. The van der Waals surface area contributed by atoms with Gasteiger partial charge in [0, 0.05) is 47.9 Å². The molecule has 50 heavy (non-hydrogen) atoms. The molecule has 1 N–H and O–H groups in total. The number of benzene rings is 3. The van der Waals surface area contributed by atoms with Gasteiger partial charge in [0.15, 0.2) is 0 Å². The molecule has 0 aliphatic heterocycles. The molecule has 0 unspecified atom stereocenters. The summed E-state index contributed by atoms with van der Waals surface area (Å²) in [6.45, 7) is 21.1. The summed E-state index contributed by atoms with van der Waals surface area (Å²) in [7, 11) is 1.64. The maximum absolute atomic E-state index is 11.5. The smallest absolute Gasteiger partial charge is 0.355 e. The molecule has 0 saturated heterocycles. The molecule has 0 spiro atoms. The van der Waals surface area contributed by atoms with Crippen LogP contribution >= 0.6 is 45.3 Å². The number of carbonyl (C=O) groups is 1. The maximum atomic E-state index is 11.5. The molecule has 4 heterocycles. The van der Waals surface area contributed by atoms with Gasteiger partial charge in [-0.25, -0.2) is 19.9 Å². The molecule has 0 bridgehead atoms. The second-order valence-electron chi connectivity index (χ2n) is 12.7. The Balaban J connectivity index is 0.000000183. The number of thiazole rings is 4. The zero-order valence-corrected chi connectivity index (χ0v) is 37.2. The summed E-state index contributed by atoms with van der Waals surface area (Å²) in [6, 6.07) is 20.0. The number of rotatable bonds is 5. The fourth-order valence-corrected chi connectivity index (χ4v) is 8.03. The Hall–Kier alpha value is -2.06. The van der Waals surface area contributed by atoms with Crippen LogP contribution in [0.5, 0.6) is 0 Å². The van der Waals surface area contributed by atoms with Crippen LogP contribution in [-0.4, -0.2) is 32.9 Å². The van der Waals surface area contributed by atoms with Gasteiger partial charge in [-0.3, -0.25) is 4.79 Å². The van der Waals surface area contributed by atoms with E-state index < -0.39 is 0 Å². The number of para-hydroxylation sites is 1. The van der Waals surface area contributed by atoms with Gasteiger partial charge in [-0.2, -0.15) is 18.6 Å². The maximum Gasteiger partial charge on any atom is 1.00 e. The first kappa shape index (κ1) is 42.3. The van der Waals surface area contributed by atoms with E-state index in [1.54, 1.807) is 52.4 Å². The normalized spacial score (nSPS) is 10.8. The predicted octanol–water partition coefficient (Wildman–Crippen LogP) is 9.07. The van der Waals surface area contributed by atoms with Crippen LogP contribution in [0, 0.1) is 6.92 Å². The molecule has 4 aromatic heterocycles. The number of hydrogen-bond donors (Lipinski definition) is 1. The van der Waals surface area contributed by atoms with Gasteiger partial charge in [0.1, 0.15) is 0 Å². The zero-order valence-electron chi connectivity index (χ0n) is 30.8. The van der Waals surface area contributed by atoms with Crippen molar-refractivity contribution in [2.75, 3.05) is 7.05 Å². The van der Waals surface area contributed by atoms with Crippen molar-refractivity contribution in [2.45, 2.75) is 79.1 Å². The first-order valence-corrected chi connectivity index (χ1v) is 19.8. The number of fused-ring (bicyclic) bond motifs is 3. The molecule has 0 aliphatic rings. The van der Waals surface area contributed by atoms with Crippen molar-refractivity contribution in [3.8, 4) is 0 Å². The van der Waals surface area contributed by atoms with Crippen LogP contribution in [0.2, 0.25) is 0 Å². The van der Waals surface area contributed by atoms with Gasteiger partial charge in [0.2, 0.25) is 0 Å². The Morgan fingerprint density at radius 1 is 0.640 bits per heavy atom. The number of amides is 1. The van der Waals surface area contributed by atoms with Gasteiger partial charge >= 0.3 is 51.4 Å². The Morgan fingerprint density at radius 3 is 1.58 bits per heavy atom. The fourth-order valence-electron chi connectivity index (χ4n) is 4.37. The standard InChI is InChI=1S/C12H14N2OS.C11H12NS.C10H11NS.C6H9NS.K/c1-7(2)12-14-9-5-4-8(11(15)13-3)6-10(9)16-12;1-7(2)11-12-9-5-4-8(3)6-10(9)13-11;1-7(2)10-11-8-5-3-4-6-9(8)12-10;1-5(2)6-7-3-4-8-6;/h4-7H,1-3H3,(H,13,15);4-7H,3H2,1-2H3;3-7H,1-2H3;3-5H,1-2H3;/q;-1;;;+1. The SMILES string of the molecule is CC(C)c1nc2ccccc2s1.CC(C)c1nccs1.CNC(=O)c1ccc2nc(C(C)C)sc2c1.[CH2-]c1ccc2nc(C(C)C)sc2c1.[K+]. The van der Waals surface area contributed by atoms with E-state index in [0.717, 1.165) is 31.8 Å². The molecule has 258 valence electrons. The molecule has 0 saturated carbocycles. The van der Waals surface area contributed by atoms with Crippen LogP contribution in [0.3, 0.4) is 0 Å². The summed E-state index contributed by atoms with van der Waals surface area (Å²) in [4.78, 5) is 29.2. The van der Waals surface area contributed by atoms with E-state index >= 15 is 0 Å². The second-order valence-corrected chi connectivity index (χ2v) is 16.8. The predicted molar refractivity (Wildman–Crippen MR) is 215 cm³/mol. The summed E-state index contributed by atoms with van der Waals surface area (Å²) in [5, 5.41) is 9.41. The van der Waals surface area contributed by atoms with Crippen molar-refractivity contribution in [3.05, 3.63) is 110 Å². The number of nitrogens with one attached hydrogen (secondary N) is 1. The van der Waals surface area contributed by atoms with E-state index in [1.807, 2.05) is 48.0 Å². The Morgan fingerprint density at radius 2 is 1.12 bits per heavy atom. The zero-order chi connectivity index (χ0) is 35.7. The molecular formula is C39H46KN5OS4. The molecule has 7 rings (SSSR count). The topological polar surface area (TPSA) is 80.7 Å².